The highest BCUT2D eigenvalue weighted by atomic mass is 32.2. The maximum absolute atomic E-state index is 12.6. The summed E-state index contributed by atoms with van der Waals surface area (Å²) in [6.45, 7) is 5.99. The number of ketones is 1. The molecule has 0 saturated heterocycles. The Labute approximate surface area is 159 Å². The van der Waals surface area contributed by atoms with Gasteiger partial charge in [-0.3, -0.25) is 9.10 Å². The Balaban J connectivity index is 1.77. The predicted molar refractivity (Wildman–Crippen MR) is 108 cm³/mol. The Kier molecular flexibility index (Phi) is 5.17. The van der Waals surface area contributed by atoms with E-state index in [4.69, 9.17) is 0 Å². The predicted octanol–water partition coefficient (Wildman–Crippen LogP) is 3.99. The Morgan fingerprint density at radius 1 is 1.19 bits per heavy atom. The van der Waals surface area contributed by atoms with Gasteiger partial charge in [-0.05, 0) is 62.6 Å². The molecule has 0 fully saturated rings. The lowest BCUT2D eigenvalue weighted by Gasteiger charge is -2.21. The van der Waals surface area contributed by atoms with E-state index in [1.807, 2.05) is 13.0 Å². The van der Waals surface area contributed by atoms with E-state index < -0.39 is 10.0 Å². The molecule has 0 unspecified atom stereocenters. The number of sulfonamides is 1. The van der Waals surface area contributed by atoms with Crippen molar-refractivity contribution in [2.45, 2.75) is 38.1 Å². The molecule has 6 heteroatoms. The average Bonchev–Trinajstić information content (AvgIpc) is 2.88. The molecule has 1 aliphatic heterocycles. The van der Waals surface area contributed by atoms with E-state index in [1.54, 1.807) is 23.9 Å². The molecule has 26 heavy (non-hydrogen) atoms. The third-order valence-electron chi connectivity index (χ3n) is 4.60. The monoisotopic (exact) mass is 389 g/mol. The lowest BCUT2D eigenvalue weighted by atomic mass is 10.0. The molecule has 1 heterocycles. The first-order valence-electron chi connectivity index (χ1n) is 8.52. The van der Waals surface area contributed by atoms with Gasteiger partial charge in [0, 0.05) is 16.5 Å². The fourth-order valence-electron chi connectivity index (χ4n) is 3.47. The summed E-state index contributed by atoms with van der Waals surface area (Å²) in [6.07, 6.45) is 1.85. The zero-order valence-corrected chi connectivity index (χ0v) is 17.1. The highest BCUT2D eigenvalue weighted by Crippen LogP contribution is 2.35. The molecule has 2 aromatic rings. The number of Topliss-reactive ketones (excluding diaryl/α,β-unsaturated/α-hetero) is 1. The number of benzene rings is 2. The zero-order valence-electron chi connectivity index (χ0n) is 15.4. The summed E-state index contributed by atoms with van der Waals surface area (Å²) in [7, 11) is -3.31. The molecule has 0 radical (unpaired) electrons. The van der Waals surface area contributed by atoms with E-state index >= 15 is 0 Å². The second-order valence-corrected chi connectivity index (χ2v) is 9.81. The summed E-state index contributed by atoms with van der Waals surface area (Å²) in [5.74, 6) is 0.428. The molecule has 3 rings (SSSR count). The van der Waals surface area contributed by atoms with Crippen LogP contribution < -0.4 is 4.31 Å². The highest BCUT2D eigenvalue weighted by Gasteiger charge is 2.32. The zero-order chi connectivity index (χ0) is 19.1. The molecule has 0 bridgehead atoms. The molecule has 0 saturated carbocycles. The van der Waals surface area contributed by atoms with Crippen LogP contribution in [0.4, 0.5) is 5.69 Å². The van der Waals surface area contributed by atoms with Gasteiger partial charge in [-0.25, -0.2) is 8.42 Å². The van der Waals surface area contributed by atoms with Crippen LogP contribution in [0.3, 0.4) is 0 Å². The van der Waals surface area contributed by atoms with Crippen LogP contribution in [-0.4, -0.2) is 32.3 Å². The largest absolute Gasteiger partial charge is 0.293 e. The van der Waals surface area contributed by atoms with Crippen LogP contribution in [0, 0.1) is 13.8 Å². The van der Waals surface area contributed by atoms with Gasteiger partial charge in [0.25, 0.3) is 0 Å². The standard InChI is InChI=1S/C20H23NO3S2/c1-13-5-8-20(14(2)9-13)25-12-19(22)16-6-7-18-17(11-16)10-15(3)21(18)26(4,23)24/h5-9,11,15H,10,12H2,1-4H3/t15-/m0/s1. The summed E-state index contributed by atoms with van der Waals surface area (Å²) < 4.78 is 25.4. The van der Waals surface area contributed by atoms with Gasteiger partial charge in [0.15, 0.2) is 5.78 Å². The summed E-state index contributed by atoms with van der Waals surface area (Å²) >= 11 is 1.54. The number of fused-ring (bicyclic) bond motifs is 1. The minimum absolute atomic E-state index is 0.0585. The number of carbonyl (C=O) groups excluding carboxylic acids is 1. The van der Waals surface area contributed by atoms with E-state index in [9.17, 15) is 13.2 Å². The number of rotatable bonds is 5. The van der Waals surface area contributed by atoms with Gasteiger partial charge in [-0.15, -0.1) is 11.8 Å². The van der Waals surface area contributed by atoms with Gasteiger partial charge in [-0.1, -0.05) is 17.7 Å². The van der Waals surface area contributed by atoms with Crippen molar-refractivity contribution in [2.75, 3.05) is 16.3 Å². The smallest absolute Gasteiger partial charge is 0.232 e. The van der Waals surface area contributed by atoms with E-state index in [1.165, 1.54) is 21.7 Å². The van der Waals surface area contributed by atoms with Gasteiger partial charge < -0.3 is 0 Å². The van der Waals surface area contributed by atoms with Gasteiger partial charge in [0.2, 0.25) is 10.0 Å². The van der Waals surface area contributed by atoms with Crippen LogP contribution in [-0.2, 0) is 16.4 Å². The maximum atomic E-state index is 12.6. The van der Waals surface area contributed by atoms with E-state index in [2.05, 4.69) is 32.0 Å². The highest BCUT2D eigenvalue weighted by molar-refractivity contribution is 8.00. The van der Waals surface area contributed by atoms with Crippen molar-refractivity contribution in [2.24, 2.45) is 0 Å². The van der Waals surface area contributed by atoms with Crippen LogP contribution in [0.1, 0.15) is 34.0 Å². The molecule has 0 N–H and O–H groups in total. The van der Waals surface area contributed by atoms with E-state index in [0.717, 1.165) is 10.5 Å². The Morgan fingerprint density at radius 3 is 2.58 bits per heavy atom. The van der Waals surface area contributed by atoms with Gasteiger partial charge in [0.1, 0.15) is 0 Å². The van der Waals surface area contributed by atoms with Gasteiger partial charge in [0.05, 0.1) is 17.7 Å². The minimum Gasteiger partial charge on any atom is -0.293 e. The van der Waals surface area contributed by atoms with E-state index in [0.29, 0.717) is 23.4 Å². The number of aryl methyl sites for hydroxylation is 2. The van der Waals surface area contributed by atoms with Crippen LogP contribution in [0.5, 0.6) is 0 Å². The summed E-state index contributed by atoms with van der Waals surface area (Å²) in [5, 5.41) is 0. The van der Waals surface area contributed by atoms with Crippen molar-refractivity contribution in [3.8, 4) is 0 Å². The van der Waals surface area contributed by atoms with Crippen molar-refractivity contribution in [3.05, 3.63) is 58.7 Å². The van der Waals surface area contributed by atoms with Gasteiger partial charge in [-0.2, -0.15) is 0 Å². The molecule has 0 spiro atoms. The minimum atomic E-state index is -3.31. The third kappa shape index (κ3) is 3.81. The Hall–Kier alpha value is -1.79. The number of hydrogen-bond acceptors (Lipinski definition) is 4. The fraction of sp³-hybridized carbons (Fsp3) is 0.350. The first-order chi connectivity index (χ1) is 12.2. The van der Waals surface area contributed by atoms with Crippen LogP contribution in [0.2, 0.25) is 0 Å². The summed E-state index contributed by atoms with van der Waals surface area (Å²) in [4.78, 5) is 13.7. The van der Waals surface area contributed by atoms with Crippen molar-refractivity contribution in [1.29, 1.82) is 0 Å². The fourth-order valence-corrected chi connectivity index (χ4v) is 5.64. The van der Waals surface area contributed by atoms with E-state index in [-0.39, 0.29) is 11.8 Å². The molecule has 1 aliphatic rings. The molecule has 0 amide bonds. The normalized spacial score (nSPS) is 16.6. The van der Waals surface area contributed by atoms with Gasteiger partial charge >= 0.3 is 0 Å². The number of anilines is 1. The molecular weight excluding hydrogens is 366 g/mol. The maximum Gasteiger partial charge on any atom is 0.232 e. The van der Waals surface area contributed by atoms with Crippen LogP contribution >= 0.6 is 11.8 Å². The second kappa shape index (κ2) is 7.08. The lowest BCUT2D eigenvalue weighted by Crippen LogP contribution is -2.34. The second-order valence-electron chi connectivity index (χ2n) is 6.94. The lowest BCUT2D eigenvalue weighted by molar-refractivity contribution is 0.102. The van der Waals surface area contributed by atoms with Crippen molar-refractivity contribution in [3.63, 3.8) is 0 Å². The summed E-state index contributed by atoms with van der Waals surface area (Å²) in [5.41, 5.74) is 4.64. The third-order valence-corrected chi connectivity index (χ3v) is 7.05. The average molecular weight is 390 g/mol. The van der Waals surface area contributed by atoms with Crippen molar-refractivity contribution in [1.82, 2.24) is 0 Å². The Morgan fingerprint density at radius 2 is 1.92 bits per heavy atom. The topological polar surface area (TPSA) is 54.5 Å². The first-order valence-corrected chi connectivity index (χ1v) is 11.4. The van der Waals surface area contributed by atoms with Crippen molar-refractivity contribution < 1.29 is 13.2 Å². The summed E-state index contributed by atoms with van der Waals surface area (Å²) in [6, 6.07) is 11.4. The Bertz CT molecular complexity index is 967. The quantitative estimate of drug-likeness (QED) is 0.573. The first kappa shape index (κ1) is 19.0. The van der Waals surface area contributed by atoms with Crippen LogP contribution in [0.15, 0.2) is 41.3 Å². The number of nitrogens with zero attached hydrogens (tertiary/aromatic N) is 1. The molecule has 138 valence electrons. The number of carbonyl (C=O) groups is 1. The van der Waals surface area contributed by atoms with Crippen molar-refractivity contribution >= 4 is 33.3 Å². The molecule has 0 aromatic heterocycles. The number of hydrogen-bond donors (Lipinski definition) is 0. The molecule has 0 aliphatic carbocycles. The SMILES string of the molecule is Cc1ccc(SCC(=O)c2ccc3c(c2)C[C@H](C)N3S(C)(=O)=O)c(C)c1. The molecule has 1 atom stereocenters. The number of thioether (sulfide) groups is 1. The molecule has 4 nitrogen and oxygen atoms in total. The molecular formula is C20H23NO3S2. The molecule has 2 aromatic carbocycles. The van der Waals surface area contributed by atoms with Crippen LogP contribution in [0.25, 0.3) is 0 Å².